The Labute approximate surface area is 205 Å². The van der Waals surface area contributed by atoms with E-state index in [1.807, 2.05) is 12.1 Å². The minimum Gasteiger partial charge on any atom is -0.466 e. The third kappa shape index (κ3) is 6.76. The van der Waals surface area contributed by atoms with Crippen LogP contribution in [0.3, 0.4) is 0 Å². The van der Waals surface area contributed by atoms with Crippen LogP contribution in [-0.2, 0) is 17.6 Å². The Hall–Kier alpha value is -3.00. The fraction of sp³-hybridized carbons (Fsp3) is 0.375. The molecule has 2 nitrogen and oxygen atoms in total. The number of ether oxygens (including phenoxy) is 2. The Bertz CT molecular complexity index is 994. The van der Waals surface area contributed by atoms with Gasteiger partial charge in [-0.05, 0) is 90.3 Å². The minimum atomic E-state index is 0.192. The van der Waals surface area contributed by atoms with Gasteiger partial charge < -0.3 is 9.47 Å². The van der Waals surface area contributed by atoms with E-state index in [0.29, 0.717) is 0 Å². The van der Waals surface area contributed by atoms with E-state index >= 15 is 0 Å². The monoisotopic (exact) mass is 454 g/mol. The number of rotatable bonds is 11. The third-order valence-corrected chi connectivity index (χ3v) is 7.25. The van der Waals surface area contributed by atoms with Crippen molar-refractivity contribution < 1.29 is 9.47 Å². The van der Waals surface area contributed by atoms with Crippen LogP contribution in [0.5, 0.6) is 5.75 Å². The molecule has 0 spiro atoms. The van der Waals surface area contributed by atoms with Gasteiger partial charge in [-0.1, -0.05) is 87.0 Å². The topological polar surface area (TPSA) is 18.5 Å². The molecule has 0 atom stereocenters. The molecule has 3 aromatic rings. The van der Waals surface area contributed by atoms with Crippen LogP contribution in [0.2, 0.25) is 0 Å². The van der Waals surface area contributed by atoms with Gasteiger partial charge in [-0.25, -0.2) is 0 Å². The van der Waals surface area contributed by atoms with Crippen molar-refractivity contribution in [1.29, 1.82) is 0 Å². The maximum absolute atomic E-state index is 5.48. The molecule has 0 bridgehead atoms. The molecule has 1 saturated carbocycles. The zero-order valence-electron chi connectivity index (χ0n) is 20.5. The first-order valence-corrected chi connectivity index (χ1v) is 12.9. The lowest BCUT2D eigenvalue weighted by Crippen LogP contribution is -2.13. The normalized spacial score (nSPS) is 17.8. The molecule has 0 aliphatic heterocycles. The van der Waals surface area contributed by atoms with Crippen LogP contribution in [0.25, 0.3) is 11.1 Å². The van der Waals surface area contributed by atoms with E-state index in [4.69, 9.17) is 9.47 Å². The van der Waals surface area contributed by atoms with Crippen LogP contribution in [0.4, 0.5) is 0 Å². The summed E-state index contributed by atoms with van der Waals surface area (Å²) in [5.74, 6) is 2.53. The second-order valence-corrected chi connectivity index (χ2v) is 9.56. The summed E-state index contributed by atoms with van der Waals surface area (Å²) in [6, 6.07) is 26.6. The molecule has 0 radical (unpaired) electrons. The van der Waals surface area contributed by atoms with Gasteiger partial charge in [0, 0.05) is 0 Å². The molecule has 0 unspecified atom stereocenters. The number of aryl methyl sites for hydroxylation is 2. The predicted octanol–water partition coefficient (Wildman–Crippen LogP) is 8.71. The van der Waals surface area contributed by atoms with Crippen LogP contribution in [0.15, 0.2) is 85.6 Å². The molecule has 0 saturated heterocycles. The van der Waals surface area contributed by atoms with Gasteiger partial charge in [0.15, 0.2) is 0 Å². The van der Waals surface area contributed by atoms with Gasteiger partial charge in [-0.15, -0.1) is 0 Å². The molecule has 1 fully saturated rings. The van der Waals surface area contributed by atoms with Gasteiger partial charge in [-0.3, -0.25) is 0 Å². The zero-order valence-corrected chi connectivity index (χ0v) is 20.5. The SMILES string of the molecule is C=COCOc1ccc(CCc2ccc(-c3ccc(C4CCC(CCC)CC4)cc3)cc2)cc1. The maximum Gasteiger partial charge on any atom is 0.229 e. The van der Waals surface area contributed by atoms with Gasteiger partial charge in [0.1, 0.15) is 5.75 Å². The number of benzene rings is 3. The van der Waals surface area contributed by atoms with E-state index in [0.717, 1.165) is 30.4 Å². The lowest BCUT2D eigenvalue weighted by Gasteiger charge is -2.28. The first-order valence-electron chi connectivity index (χ1n) is 12.9. The van der Waals surface area contributed by atoms with Gasteiger partial charge >= 0.3 is 0 Å². The van der Waals surface area contributed by atoms with Gasteiger partial charge in [-0.2, -0.15) is 0 Å². The summed E-state index contributed by atoms with van der Waals surface area (Å²) in [6.45, 7) is 6.01. The van der Waals surface area contributed by atoms with E-state index in [-0.39, 0.29) is 6.79 Å². The lowest BCUT2D eigenvalue weighted by molar-refractivity contribution is 0.0807. The predicted molar refractivity (Wildman–Crippen MR) is 142 cm³/mol. The maximum atomic E-state index is 5.48. The van der Waals surface area contributed by atoms with Crippen molar-refractivity contribution in [2.45, 2.75) is 64.2 Å². The average molecular weight is 455 g/mol. The second-order valence-electron chi connectivity index (χ2n) is 9.56. The Morgan fingerprint density at radius 1 is 0.765 bits per heavy atom. The molecular formula is C32H38O2. The molecule has 0 aromatic heterocycles. The van der Waals surface area contributed by atoms with Crippen molar-refractivity contribution in [1.82, 2.24) is 0 Å². The van der Waals surface area contributed by atoms with E-state index in [1.54, 1.807) is 0 Å². The standard InChI is InChI=1S/C32H38O2/c1-3-5-25-8-14-28(15-9-25)30-18-20-31(21-19-30)29-16-10-26(11-17-29)6-7-27-12-22-32(23-13-27)34-24-33-4-2/h4,10-13,16-23,25,28H,2-3,5-9,14-15,24H2,1H3. The Morgan fingerprint density at radius 2 is 1.32 bits per heavy atom. The first-order chi connectivity index (χ1) is 16.7. The van der Waals surface area contributed by atoms with E-state index in [2.05, 4.69) is 74.2 Å². The highest BCUT2D eigenvalue weighted by Gasteiger charge is 2.21. The molecular weight excluding hydrogens is 416 g/mol. The summed E-state index contributed by atoms with van der Waals surface area (Å²) in [4.78, 5) is 0. The lowest BCUT2D eigenvalue weighted by atomic mass is 9.77. The van der Waals surface area contributed by atoms with Crippen LogP contribution >= 0.6 is 0 Å². The second kappa shape index (κ2) is 12.5. The quantitative estimate of drug-likeness (QED) is 0.164. The van der Waals surface area contributed by atoms with E-state index in [9.17, 15) is 0 Å². The van der Waals surface area contributed by atoms with Gasteiger partial charge in [0.25, 0.3) is 0 Å². The Morgan fingerprint density at radius 3 is 1.88 bits per heavy atom. The Balaban J connectivity index is 1.27. The molecule has 178 valence electrons. The van der Waals surface area contributed by atoms with Crippen molar-refractivity contribution in [3.05, 3.63) is 102 Å². The molecule has 34 heavy (non-hydrogen) atoms. The van der Waals surface area contributed by atoms with Crippen molar-refractivity contribution in [2.75, 3.05) is 6.79 Å². The zero-order chi connectivity index (χ0) is 23.6. The molecule has 4 rings (SSSR count). The summed E-state index contributed by atoms with van der Waals surface area (Å²) in [5.41, 5.74) is 6.81. The molecule has 3 aromatic carbocycles. The Kier molecular flexibility index (Phi) is 8.84. The van der Waals surface area contributed by atoms with Crippen molar-refractivity contribution >= 4 is 0 Å². The molecule has 2 heteroatoms. The number of hydrogen-bond acceptors (Lipinski definition) is 2. The third-order valence-electron chi connectivity index (χ3n) is 7.25. The summed E-state index contributed by atoms with van der Waals surface area (Å²) < 4.78 is 10.5. The molecule has 1 aliphatic carbocycles. The van der Waals surface area contributed by atoms with Crippen molar-refractivity contribution in [3.63, 3.8) is 0 Å². The first kappa shape index (κ1) is 24.1. The van der Waals surface area contributed by atoms with E-state index in [1.165, 1.54) is 72.6 Å². The van der Waals surface area contributed by atoms with Crippen LogP contribution in [0, 0.1) is 5.92 Å². The fourth-order valence-corrected chi connectivity index (χ4v) is 5.20. The van der Waals surface area contributed by atoms with Gasteiger partial charge in [0.2, 0.25) is 6.79 Å². The van der Waals surface area contributed by atoms with Crippen LogP contribution in [-0.4, -0.2) is 6.79 Å². The highest BCUT2D eigenvalue weighted by Crippen LogP contribution is 2.38. The molecule has 0 amide bonds. The molecule has 0 heterocycles. The molecule has 0 N–H and O–H groups in total. The van der Waals surface area contributed by atoms with Crippen LogP contribution in [0.1, 0.15) is 68.1 Å². The average Bonchev–Trinajstić information content (AvgIpc) is 2.89. The summed E-state index contributed by atoms with van der Waals surface area (Å²) in [7, 11) is 0. The van der Waals surface area contributed by atoms with Crippen LogP contribution < -0.4 is 4.74 Å². The molecule has 1 aliphatic rings. The van der Waals surface area contributed by atoms with Crippen molar-refractivity contribution in [3.8, 4) is 16.9 Å². The summed E-state index contributed by atoms with van der Waals surface area (Å²) >= 11 is 0. The fourth-order valence-electron chi connectivity index (χ4n) is 5.20. The summed E-state index contributed by atoms with van der Waals surface area (Å²) in [6.07, 6.45) is 11.7. The largest absolute Gasteiger partial charge is 0.466 e. The minimum absolute atomic E-state index is 0.192. The van der Waals surface area contributed by atoms with Gasteiger partial charge in [0.05, 0.1) is 6.26 Å². The summed E-state index contributed by atoms with van der Waals surface area (Å²) in [5, 5.41) is 0. The van der Waals surface area contributed by atoms with Crippen molar-refractivity contribution in [2.24, 2.45) is 5.92 Å². The van der Waals surface area contributed by atoms with E-state index < -0.39 is 0 Å². The highest BCUT2D eigenvalue weighted by atomic mass is 16.7. The number of hydrogen-bond donors (Lipinski definition) is 0. The highest BCUT2D eigenvalue weighted by molar-refractivity contribution is 5.64. The smallest absolute Gasteiger partial charge is 0.229 e.